The summed E-state index contributed by atoms with van der Waals surface area (Å²) in [5, 5.41) is 4.77. The van der Waals surface area contributed by atoms with Gasteiger partial charge in [-0.1, -0.05) is 60.7 Å². The third-order valence-electron chi connectivity index (χ3n) is 7.80. The van der Waals surface area contributed by atoms with E-state index >= 15 is 0 Å². The molecule has 2 aliphatic carbocycles. The Bertz CT molecular complexity index is 1700. The maximum atomic E-state index is 13.1. The molecule has 4 aromatic rings. The summed E-state index contributed by atoms with van der Waals surface area (Å²) < 4.78 is 25.7. The second-order valence-corrected chi connectivity index (χ2v) is 12.9. The first-order valence-corrected chi connectivity index (χ1v) is 16.6. The largest absolute Gasteiger partial charge is 0.458 e. The number of carbonyl (C=O) groups is 1. The predicted octanol–water partition coefficient (Wildman–Crippen LogP) is 5.00. The number of hydroxylamine groups is 1. The molecule has 0 spiro atoms. The average molecular weight is 633 g/mol. The quantitative estimate of drug-likeness (QED) is 0.0966. The monoisotopic (exact) mass is 632 g/mol. The molecule has 45 heavy (non-hydrogen) atoms. The molecule has 14 heteroatoms. The van der Waals surface area contributed by atoms with Crippen LogP contribution in [0.25, 0.3) is 11.2 Å². The van der Waals surface area contributed by atoms with Gasteiger partial charge in [0.15, 0.2) is 23.0 Å². The predicted molar refractivity (Wildman–Crippen MR) is 171 cm³/mol. The van der Waals surface area contributed by atoms with Crippen LogP contribution in [-0.2, 0) is 29.9 Å². The van der Waals surface area contributed by atoms with Crippen LogP contribution in [0.3, 0.4) is 0 Å². The number of nitrogens with one attached hydrogen (secondary N) is 1. The Hall–Kier alpha value is -4.29. The number of para-hydroxylation sites is 1. The van der Waals surface area contributed by atoms with Crippen molar-refractivity contribution in [1.29, 1.82) is 0 Å². The number of anilines is 3. The summed E-state index contributed by atoms with van der Waals surface area (Å²) in [7, 11) is -4.24. The van der Waals surface area contributed by atoms with Gasteiger partial charge in [-0.3, -0.25) is 9.36 Å². The van der Waals surface area contributed by atoms with Crippen molar-refractivity contribution in [3.05, 3.63) is 84.7 Å². The number of aromatic nitrogens is 4. The first-order valence-electron chi connectivity index (χ1n) is 15.0. The Labute approximate surface area is 261 Å². The molecule has 5 N–H and O–H groups in total. The van der Waals surface area contributed by atoms with Crippen molar-refractivity contribution in [2.24, 2.45) is 17.3 Å². The first kappa shape index (κ1) is 30.7. The van der Waals surface area contributed by atoms with Gasteiger partial charge in [-0.25, -0.2) is 24.9 Å². The molecule has 0 aliphatic heterocycles. The molecular formula is C31H37N8O5P. The van der Waals surface area contributed by atoms with Crippen molar-refractivity contribution in [2.45, 2.75) is 44.9 Å². The zero-order valence-corrected chi connectivity index (χ0v) is 25.8. The van der Waals surface area contributed by atoms with Crippen molar-refractivity contribution < 1.29 is 23.2 Å². The van der Waals surface area contributed by atoms with Gasteiger partial charge in [0.05, 0.1) is 31.3 Å². The van der Waals surface area contributed by atoms with Crippen LogP contribution in [0.2, 0.25) is 0 Å². The van der Waals surface area contributed by atoms with Gasteiger partial charge in [0.1, 0.15) is 0 Å². The van der Waals surface area contributed by atoms with Gasteiger partial charge in [-0.15, -0.1) is 0 Å². The number of carbonyl (C=O) groups excluding carboxylic acids is 1. The zero-order valence-electron chi connectivity index (χ0n) is 24.9. The lowest BCUT2D eigenvalue weighted by Gasteiger charge is -2.29. The van der Waals surface area contributed by atoms with Gasteiger partial charge >= 0.3 is 13.7 Å². The van der Waals surface area contributed by atoms with Crippen molar-refractivity contribution in [3.63, 3.8) is 0 Å². The maximum absolute atomic E-state index is 13.1. The highest BCUT2D eigenvalue weighted by Crippen LogP contribution is 2.42. The van der Waals surface area contributed by atoms with E-state index in [0.717, 1.165) is 12.1 Å². The zero-order chi connectivity index (χ0) is 31.4. The Morgan fingerprint density at radius 2 is 1.84 bits per heavy atom. The van der Waals surface area contributed by atoms with Crippen LogP contribution >= 0.6 is 7.75 Å². The summed E-state index contributed by atoms with van der Waals surface area (Å²) in [6.07, 6.45) is 8.71. The normalized spacial score (nSPS) is 19.7. The highest BCUT2D eigenvalue weighted by Gasteiger charge is 2.33. The van der Waals surface area contributed by atoms with Gasteiger partial charge in [0.2, 0.25) is 5.95 Å². The summed E-state index contributed by atoms with van der Waals surface area (Å²) in [4.78, 5) is 32.5. The fraction of sp³-hybridized carbons (Fsp3) is 0.355. The molecule has 0 saturated heterocycles. The second-order valence-electron chi connectivity index (χ2n) is 11.4. The van der Waals surface area contributed by atoms with Crippen LogP contribution in [0.15, 0.2) is 79.1 Å². The number of hydrogen-bond acceptors (Lipinski definition) is 11. The molecule has 0 amide bonds. The van der Waals surface area contributed by atoms with E-state index in [0.29, 0.717) is 35.0 Å². The number of nitrogens with zero attached hydrogens (tertiary/aromatic N) is 5. The third kappa shape index (κ3) is 7.69. The molecule has 4 atom stereocenters. The lowest BCUT2D eigenvalue weighted by atomic mass is 10.1. The van der Waals surface area contributed by atoms with Crippen molar-refractivity contribution in [3.8, 4) is 0 Å². The minimum atomic E-state index is -4.24. The SMILES string of the molecule is C[C@@H](C(=O)OP(N)(=O)OC[C@@H]1C=C[C@H](n2cnc3c(NCC4CC4)nc(N)nc32)C1)N(OCc1ccccc1)c1ccccc1. The lowest BCUT2D eigenvalue weighted by Crippen LogP contribution is -2.40. The van der Waals surface area contributed by atoms with Crippen LogP contribution in [0.4, 0.5) is 17.5 Å². The van der Waals surface area contributed by atoms with Crippen molar-refractivity contribution in [1.82, 2.24) is 19.5 Å². The number of hydrogen-bond donors (Lipinski definition) is 3. The Morgan fingerprint density at radius 3 is 2.58 bits per heavy atom. The lowest BCUT2D eigenvalue weighted by molar-refractivity contribution is -0.138. The number of nitrogens with two attached hydrogens (primary N) is 2. The maximum Gasteiger partial charge on any atom is 0.458 e. The van der Waals surface area contributed by atoms with Crippen LogP contribution in [0.5, 0.6) is 0 Å². The molecule has 2 aromatic heterocycles. The number of rotatable bonds is 14. The highest BCUT2D eigenvalue weighted by atomic mass is 31.2. The summed E-state index contributed by atoms with van der Waals surface area (Å²) in [6.45, 7) is 2.62. The van der Waals surface area contributed by atoms with E-state index in [-0.39, 0.29) is 31.1 Å². The molecule has 236 valence electrons. The van der Waals surface area contributed by atoms with Crippen LogP contribution in [0, 0.1) is 11.8 Å². The summed E-state index contributed by atoms with van der Waals surface area (Å²) in [6, 6.07) is 17.6. The van der Waals surface area contributed by atoms with Gasteiger partial charge in [0, 0.05) is 12.5 Å². The summed E-state index contributed by atoms with van der Waals surface area (Å²) in [5.41, 5.74) is 14.7. The molecular weight excluding hydrogens is 595 g/mol. The van der Waals surface area contributed by atoms with Crippen LogP contribution in [-0.4, -0.2) is 44.7 Å². The van der Waals surface area contributed by atoms with E-state index in [2.05, 4.69) is 20.3 Å². The Morgan fingerprint density at radius 1 is 1.11 bits per heavy atom. The second kappa shape index (κ2) is 13.4. The van der Waals surface area contributed by atoms with Gasteiger partial charge in [0.25, 0.3) is 0 Å². The molecule has 2 aliphatic rings. The minimum absolute atomic E-state index is 0.00665. The number of allylic oxidation sites excluding steroid dienone is 1. The first-order chi connectivity index (χ1) is 21.8. The van der Waals surface area contributed by atoms with E-state index in [9.17, 15) is 9.36 Å². The van der Waals surface area contributed by atoms with Crippen LogP contribution in [0.1, 0.15) is 37.8 Å². The third-order valence-corrected chi connectivity index (χ3v) is 8.75. The van der Waals surface area contributed by atoms with E-state index in [4.69, 9.17) is 25.1 Å². The topological polar surface area (TPSA) is 173 Å². The van der Waals surface area contributed by atoms with Gasteiger partial charge in [-0.2, -0.15) is 9.97 Å². The van der Waals surface area contributed by atoms with E-state index in [1.54, 1.807) is 25.4 Å². The van der Waals surface area contributed by atoms with Crippen LogP contribution < -0.4 is 21.6 Å². The Balaban J connectivity index is 1.05. The molecule has 2 heterocycles. The average Bonchev–Trinajstić information content (AvgIpc) is 3.58. The molecule has 1 unspecified atom stereocenters. The molecule has 0 bridgehead atoms. The molecule has 13 nitrogen and oxygen atoms in total. The van der Waals surface area contributed by atoms with E-state index in [1.807, 2.05) is 65.3 Å². The summed E-state index contributed by atoms with van der Waals surface area (Å²) >= 11 is 0. The van der Waals surface area contributed by atoms with Crippen molar-refractivity contribution in [2.75, 3.05) is 29.3 Å². The standard InChI is InChI=1S/C31H37N8O5P/c1-21(39(25-10-6-3-7-11-25)42-18-23-8-4-2-5-9-23)30(40)44-45(33,41)43-19-24-14-15-26(16-24)38-20-35-27-28(34-17-22-12-13-22)36-31(32)37-29(27)38/h2-11,14-15,20-22,24,26H,12-13,16-19H2,1H3,(H2,33,41)(H3,32,34,36,37)/t21-,24+,26-,45?/m0/s1. The van der Waals surface area contributed by atoms with Crippen molar-refractivity contribution >= 4 is 42.3 Å². The number of nitrogen functional groups attached to an aromatic ring is 1. The minimum Gasteiger partial charge on any atom is -0.378 e. The number of imidazole rings is 1. The fourth-order valence-electron chi connectivity index (χ4n) is 5.17. The fourth-order valence-corrected chi connectivity index (χ4v) is 6.03. The number of benzene rings is 2. The summed E-state index contributed by atoms with van der Waals surface area (Å²) in [5.74, 6) is 0.476. The molecule has 1 saturated carbocycles. The molecule has 1 fully saturated rings. The Kier molecular flexibility index (Phi) is 9.13. The van der Waals surface area contributed by atoms with Gasteiger partial charge in [-0.05, 0) is 49.8 Å². The number of fused-ring (bicyclic) bond motifs is 1. The smallest absolute Gasteiger partial charge is 0.378 e. The highest BCUT2D eigenvalue weighted by molar-refractivity contribution is 7.51. The molecule has 2 aromatic carbocycles. The molecule has 0 radical (unpaired) electrons. The molecule has 6 rings (SSSR count). The van der Waals surface area contributed by atoms with Gasteiger partial charge < -0.3 is 20.1 Å². The van der Waals surface area contributed by atoms with E-state index in [1.165, 1.54) is 17.9 Å². The van der Waals surface area contributed by atoms with E-state index < -0.39 is 19.8 Å².